The lowest BCUT2D eigenvalue weighted by Crippen LogP contribution is -2.51. The number of fused-ring (bicyclic) bond motifs is 1. The lowest BCUT2D eigenvalue weighted by atomic mass is 9.64. The molecule has 1 N–H and O–H groups in total. The van der Waals surface area contributed by atoms with Gasteiger partial charge in [-0.2, -0.15) is 0 Å². The molecule has 1 aromatic heterocycles. The molecular weight excluding hydrogens is 398 g/mol. The molecule has 1 atom stereocenters. The van der Waals surface area contributed by atoms with Crippen LogP contribution in [0.3, 0.4) is 0 Å². The zero-order chi connectivity index (χ0) is 20.6. The molecule has 1 unspecified atom stereocenters. The van der Waals surface area contributed by atoms with Gasteiger partial charge in [0.15, 0.2) is 0 Å². The predicted octanol–water partition coefficient (Wildman–Crippen LogP) is 4.34. The molecule has 0 radical (unpaired) electrons. The Morgan fingerprint density at radius 3 is 2.70 bits per heavy atom. The van der Waals surface area contributed by atoms with Crippen LogP contribution in [0.2, 0.25) is 5.02 Å². The maximum Gasteiger partial charge on any atom is 0.230 e. The van der Waals surface area contributed by atoms with Crippen molar-refractivity contribution in [3.05, 3.63) is 77.2 Å². The fraction of sp³-hybridized carbons (Fsp3) is 0.292. The van der Waals surface area contributed by atoms with Crippen molar-refractivity contribution in [3.8, 4) is 17.0 Å². The van der Waals surface area contributed by atoms with E-state index in [1.54, 1.807) is 18.6 Å². The molecule has 1 aliphatic carbocycles. The van der Waals surface area contributed by atoms with Crippen LogP contribution in [0, 0.1) is 0 Å². The zero-order valence-corrected chi connectivity index (χ0v) is 17.2. The second kappa shape index (κ2) is 7.73. The molecule has 5 nitrogen and oxygen atoms in total. The molecule has 30 heavy (non-hydrogen) atoms. The maximum absolute atomic E-state index is 13.1. The number of aromatic nitrogens is 2. The van der Waals surface area contributed by atoms with E-state index in [0.29, 0.717) is 11.6 Å². The monoisotopic (exact) mass is 419 g/mol. The standard InChI is InChI=1S/C24H22ClN3O2/c25-19-5-3-18(4-6-19)24(8-1-9-24)23(29)28-14-20-13-17-12-16(2-7-22(17)30-20)21-15-26-10-11-27-21/h2-7,10-12,15,20H,1,8-9,13-14H2,(H,28,29). The number of benzene rings is 2. The van der Waals surface area contributed by atoms with E-state index in [1.165, 1.54) is 0 Å². The Hall–Kier alpha value is -2.92. The van der Waals surface area contributed by atoms with Crippen molar-refractivity contribution >= 4 is 17.5 Å². The van der Waals surface area contributed by atoms with Crippen LogP contribution in [0.25, 0.3) is 11.3 Å². The number of hydrogen-bond acceptors (Lipinski definition) is 4. The predicted molar refractivity (Wildman–Crippen MR) is 116 cm³/mol. The Kier molecular flexibility index (Phi) is 4.91. The van der Waals surface area contributed by atoms with Gasteiger partial charge < -0.3 is 10.1 Å². The van der Waals surface area contributed by atoms with Crippen LogP contribution in [0.4, 0.5) is 0 Å². The Morgan fingerprint density at radius 1 is 1.17 bits per heavy atom. The van der Waals surface area contributed by atoms with Gasteiger partial charge in [-0.05, 0) is 54.3 Å². The van der Waals surface area contributed by atoms with Gasteiger partial charge >= 0.3 is 0 Å². The van der Waals surface area contributed by atoms with Gasteiger partial charge in [0.05, 0.1) is 23.9 Å². The molecule has 1 amide bonds. The van der Waals surface area contributed by atoms with Gasteiger partial charge in [0.1, 0.15) is 11.9 Å². The second-order valence-corrected chi connectivity index (χ2v) is 8.45. The fourth-order valence-electron chi connectivity index (χ4n) is 4.36. The smallest absolute Gasteiger partial charge is 0.230 e. The summed E-state index contributed by atoms with van der Waals surface area (Å²) in [6.45, 7) is 0.489. The molecule has 5 rings (SSSR count). The second-order valence-electron chi connectivity index (χ2n) is 8.01. The number of ether oxygens (including phenoxy) is 1. The first-order chi connectivity index (χ1) is 14.6. The highest BCUT2D eigenvalue weighted by molar-refractivity contribution is 6.30. The molecule has 1 aliphatic heterocycles. The Bertz CT molecular complexity index is 1070. The Balaban J connectivity index is 1.24. The third-order valence-electron chi connectivity index (χ3n) is 6.19. The molecule has 152 valence electrons. The summed E-state index contributed by atoms with van der Waals surface area (Å²) in [4.78, 5) is 21.6. The summed E-state index contributed by atoms with van der Waals surface area (Å²) >= 11 is 6.02. The van der Waals surface area contributed by atoms with Gasteiger partial charge in [-0.1, -0.05) is 30.2 Å². The quantitative estimate of drug-likeness (QED) is 0.668. The van der Waals surface area contributed by atoms with Crippen LogP contribution in [-0.2, 0) is 16.6 Å². The molecule has 2 aromatic carbocycles. The Morgan fingerprint density at radius 2 is 2.00 bits per heavy atom. The summed E-state index contributed by atoms with van der Waals surface area (Å²) in [6, 6.07) is 13.7. The highest BCUT2D eigenvalue weighted by atomic mass is 35.5. The van der Waals surface area contributed by atoms with Gasteiger partial charge in [-0.25, -0.2) is 0 Å². The van der Waals surface area contributed by atoms with Crippen molar-refractivity contribution < 1.29 is 9.53 Å². The summed E-state index contributed by atoms with van der Waals surface area (Å²) < 4.78 is 6.07. The molecule has 0 spiro atoms. The number of nitrogens with zero attached hydrogens (tertiary/aromatic N) is 2. The van der Waals surface area contributed by atoms with Crippen molar-refractivity contribution in [2.45, 2.75) is 37.2 Å². The van der Waals surface area contributed by atoms with Gasteiger partial charge in [-0.15, -0.1) is 0 Å². The van der Waals surface area contributed by atoms with Crippen LogP contribution < -0.4 is 10.1 Å². The van der Waals surface area contributed by atoms with Crippen molar-refractivity contribution in [1.29, 1.82) is 0 Å². The third kappa shape index (κ3) is 3.43. The van der Waals surface area contributed by atoms with Gasteiger partial charge in [0.25, 0.3) is 0 Å². The number of carbonyl (C=O) groups is 1. The molecule has 6 heteroatoms. The number of hydrogen-bond donors (Lipinski definition) is 1. The molecule has 0 bridgehead atoms. The minimum absolute atomic E-state index is 0.0663. The van der Waals surface area contributed by atoms with Crippen molar-refractivity contribution in [3.63, 3.8) is 0 Å². The summed E-state index contributed by atoms with van der Waals surface area (Å²) in [5, 5.41) is 3.83. The van der Waals surface area contributed by atoms with Gasteiger partial charge in [-0.3, -0.25) is 14.8 Å². The first kappa shape index (κ1) is 19.1. The molecular formula is C24H22ClN3O2. The highest BCUT2D eigenvalue weighted by Crippen LogP contribution is 2.44. The number of carbonyl (C=O) groups excluding carboxylic acids is 1. The van der Waals surface area contributed by atoms with Crippen molar-refractivity contribution in [2.24, 2.45) is 0 Å². The van der Waals surface area contributed by atoms with Gasteiger partial charge in [0.2, 0.25) is 5.91 Å². The van der Waals surface area contributed by atoms with E-state index in [1.807, 2.05) is 36.4 Å². The minimum atomic E-state index is -0.435. The zero-order valence-electron chi connectivity index (χ0n) is 16.5. The van der Waals surface area contributed by atoms with E-state index in [-0.39, 0.29) is 12.0 Å². The first-order valence-corrected chi connectivity index (χ1v) is 10.6. The number of halogens is 1. The van der Waals surface area contributed by atoms with E-state index in [4.69, 9.17) is 16.3 Å². The minimum Gasteiger partial charge on any atom is -0.488 e. The van der Waals surface area contributed by atoms with E-state index < -0.39 is 5.41 Å². The molecule has 0 saturated heterocycles. The topological polar surface area (TPSA) is 64.1 Å². The van der Waals surface area contributed by atoms with E-state index in [0.717, 1.165) is 53.8 Å². The molecule has 1 saturated carbocycles. The molecule has 2 heterocycles. The number of nitrogens with one attached hydrogen (secondary N) is 1. The van der Waals surface area contributed by atoms with Gasteiger partial charge in [0, 0.05) is 29.4 Å². The first-order valence-electron chi connectivity index (χ1n) is 10.2. The van der Waals surface area contributed by atoms with E-state index in [9.17, 15) is 4.79 Å². The van der Waals surface area contributed by atoms with Crippen molar-refractivity contribution in [2.75, 3.05) is 6.54 Å². The number of amides is 1. The SMILES string of the molecule is O=C(NCC1Cc2cc(-c3cnccn3)ccc2O1)C1(c2ccc(Cl)cc2)CCC1. The van der Waals surface area contributed by atoms with E-state index >= 15 is 0 Å². The largest absolute Gasteiger partial charge is 0.488 e. The summed E-state index contributed by atoms with van der Waals surface area (Å²) in [5.41, 5.74) is 3.60. The summed E-state index contributed by atoms with van der Waals surface area (Å²) in [7, 11) is 0. The maximum atomic E-state index is 13.1. The Labute approximate surface area is 180 Å². The van der Waals surface area contributed by atoms with E-state index in [2.05, 4.69) is 21.4 Å². The molecule has 2 aliphatic rings. The third-order valence-corrected chi connectivity index (χ3v) is 6.44. The summed E-state index contributed by atoms with van der Waals surface area (Å²) in [5.74, 6) is 0.953. The normalized spacial score (nSPS) is 18.8. The number of rotatable bonds is 5. The lowest BCUT2D eigenvalue weighted by Gasteiger charge is -2.41. The molecule has 3 aromatic rings. The van der Waals surface area contributed by atoms with Crippen molar-refractivity contribution in [1.82, 2.24) is 15.3 Å². The fourth-order valence-corrected chi connectivity index (χ4v) is 4.49. The van der Waals surface area contributed by atoms with Crippen LogP contribution in [0.1, 0.15) is 30.4 Å². The average Bonchev–Trinajstić information content (AvgIpc) is 3.15. The average molecular weight is 420 g/mol. The van der Waals surface area contributed by atoms with Crippen LogP contribution in [0.5, 0.6) is 5.75 Å². The molecule has 1 fully saturated rings. The lowest BCUT2D eigenvalue weighted by molar-refractivity contribution is -0.130. The highest BCUT2D eigenvalue weighted by Gasteiger charge is 2.45. The van der Waals surface area contributed by atoms with Crippen LogP contribution >= 0.6 is 11.6 Å². The van der Waals surface area contributed by atoms with Crippen LogP contribution in [0.15, 0.2) is 61.1 Å². The summed E-state index contributed by atoms with van der Waals surface area (Å²) in [6.07, 6.45) is 8.60. The van der Waals surface area contributed by atoms with Crippen LogP contribution in [-0.4, -0.2) is 28.5 Å².